The highest BCUT2D eigenvalue weighted by Crippen LogP contribution is 2.32. The summed E-state index contributed by atoms with van der Waals surface area (Å²) >= 11 is 0. The lowest BCUT2D eigenvalue weighted by molar-refractivity contribution is -0.142. The quantitative estimate of drug-likeness (QED) is 0.822. The van der Waals surface area contributed by atoms with Crippen LogP contribution in [0.1, 0.15) is 36.3 Å². The molecule has 1 atom stereocenters. The third kappa shape index (κ3) is 3.51. The van der Waals surface area contributed by atoms with Gasteiger partial charge in [0.25, 0.3) is 0 Å². The van der Waals surface area contributed by atoms with E-state index < -0.39 is 27.7 Å². The summed E-state index contributed by atoms with van der Waals surface area (Å²) in [6, 6.07) is 0. The second-order valence-corrected chi connectivity index (χ2v) is 6.57. The van der Waals surface area contributed by atoms with Gasteiger partial charge in [0.2, 0.25) is 11.8 Å². The topological polar surface area (TPSA) is 120 Å². The summed E-state index contributed by atoms with van der Waals surface area (Å²) in [5, 5.41) is 15.0. The Bertz CT molecular complexity index is 552. The van der Waals surface area contributed by atoms with Crippen molar-refractivity contribution in [3.63, 3.8) is 0 Å². The van der Waals surface area contributed by atoms with Crippen molar-refractivity contribution in [2.24, 2.45) is 0 Å². The van der Waals surface area contributed by atoms with Crippen molar-refractivity contribution >= 4 is 15.8 Å². The molecule has 1 unspecified atom stereocenters. The van der Waals surface area contributed by atoms with Crippen LogP contribution < -0.4 is 0 Å². The summed E-state index contributed by atoms with van der Waals surface area (Å²) in [6.07, 6.45) is 1.93. The zero-order chi connectivity index (χ0) is 13.9. The van der Waals surface area contributed by atoms with Crippen LogP contribution in [-0.2, 0) is 26.0 Å². The molecule has 1 aliphatic rings. The molecule has 0 amide bonds. The molecule has 0 aliphatic carbocycles. The number of sulfone groups is 1. The molecule has 19 heavy (non-hydrogen) atoms. The van der Waals surface area contributed by atoms with Gasteiger partial charge in [0, 0.05) is 0 Å². The second-order valence-electron chi connectivity index (χ2n) is 4.27. The van der Waals surface area contributed by atoms with Crippen LogP contribution in [0.4, 0.5) is 0 Å². The monoisotopic (exact) mass is 290 g/mol. The number of aromatic nitrogens is 2. The Morgan fingerprint density at radius 2 is 2.21 bits per heavy atom. The van der Waals surface area contributed by atoms with Crippen LogP contribution in [0, 0.1) is 0 Å². The highest BCUT2D eigenvalue weighted by atomic mass is 32.2. The van der Waals surface area contributed by atoms with E-state index in [4.69, 9.17) is 14.3 Å². The van der Waals surface area contributed by atoms with Crippen molar-refractivity contribution in [3.05, 3.63) is 11.8 Å². The van der Waals surface area contributed by atoms with Crippen LogP contribution in [0.25, 0.3) is 0 Å². The van der Waals surface area contributed by atoms with Crippen LogP contribution in [0.5, 0.6) is 0 Å². The molecule has 1 saturated heterocycles. The minimum Gasteiger partial charge on any atom is -0.480 e. The third-order valence-electron chi connectivity index (χ3n) is 2.79. The fourth-order valence-electron chi connectivity index (χ4n) is 1.91. The summed E-state index contributed by atoms with van der Waals surface area (Å²) in [5.74, 6) is -0.828. The second kappa shape index (κ2) is 5.66. The van der Waals surface area contributed by atoms with Crippen molar-refractivity contribution in [2.45, 2.75) is 31.1 Å². The molecule has 8 nitrogen and oxygen atoms in total. The van der Waals surface area contributed by atoms with Gasteiger partial charge in [-0.2, -0.15) is 0 Å². The zero-order valence-corrected chi connectivity index (χ0v) is 10.9. The Labute approximate surface area is 109 Å². The third-order valence-corrected chi connectivity index (χ3v) is 4.95. The number of hydrogen-bond acceptors (Lipinski definition) is 7. The first-order chi connectivity index (χ1) is 8.99. The van der Waals surface area contributed by atoms with Gasteiger partial charge in [-0.05, 0) is 12.8 Å². The molecule has 0 aromatic carbocycles. The summed E-state index contributed by atoms with van der Waals surface area (Å²) < 4.78 is 33.7. The lowest BCUT2D eigenvalue weighted by Gasteiger charge is -2.18. The lowest BCUT2D eigenvalue weighted by atomic mass is 10.2. The number of ether oxygens (including phenoxy) is 1. The van der Waals surface area contributed by atoms with Gasteiger partial charge in [-0.25, -0.2) is 13.2 Å². The van der Waals surface area contributed by atoms with Gasteiger partial charge in [0.1, 0.15) is 18.5 Å². The average molecular weight is 290 g/mol. The smallest absolute Gasteiger partial charge is 0.329 e. The van der Waals surface area contributed by atoms with Crippen LogP contribution in [0.15, 0.2) is 4.42 Å². The number of hydrogen-bond donors (Lipinski definition) is 1. The maximum atomic E-state index is 11.9. The predicted molar refractivity (Wildman–Crippen MR) is 62.0 cm³/mol. The molecule has 1 fully saturated rings. The Balaban J connectivity index is 2.02. The molecule has 9 heteroatoms. The fourth-order valence-corrected chi connectivity index (χ4v) is 3.73. The number of nitrogens with zero attached hydrogens (tertiary/aromatic N) is 2. The Morgan fingerprint density at radius 1 is 1.42 bits per heavy atom. The van der Waals surface area contributed by atoms with Gasteiger partial charge in [-0.1, -0.05) is 6.42 Å². The molecule has 0 radical (unpaired) electrons. The fraction of sp³-hybridized carbons (Fsp3) is 0.700. The summed E-state index contributed by atoms with van der Waals surface area (Å²) in [7, 11) is -3.23. The molecule has 2 heterocycles. The molecule has 1 aromatic rings. The molecule has 1 N–H and O–H groups in total. The Kier molecular flexibility index (Phi) is 4.15. The van der Waals surface area contributed by atoms with E-state index in [-0.39, 0.29) is 24.1 Å². The largest absolute Gasteiger partial charge is 0.480 e. The van der Waals surface area contributed by atoms with Crippen molar-refractivity contribution < 1.29 is 27.5 Å². The van der Waals surface area contributed by atoms with Crippen molar-refractivity contribution in [1.29, 1.82) is 0 Å². The van der Waals surface area contributed by atoms with E-state index in [2.05, 4.69) is 10.2 Å². The van der Waals surface area contributed by atoms with E-state index in [1.54, 1.807) is 0 Å². The molecule has 1 aromatic heterocycles. The lowest BCUT2D eigenvalue weighted by Crippen LogP contribution is -2.21. The number of carbonyl (C=O) groups is 1. The summed E-state index contributed by atoms with van der Waals surface area (Å²) in [6.45, 7) is -0.620. The van der Waals surface area contributed by atoms with Gasteiger partial charge in [-0.15, -0.1) is 10.2 Å². The predicted octanol–water partition coefficient (Wildman–Crippen LogP) is 0.311. The minimum absolute atomic E-state index is 0.0635. The van der Waals surface area contributed by atoms with E-state index in [1.807, 2.05) is 0 Å². The number of aliphatic carboxylic acids is 1. The summed E-state index contributed by atoms with van der Waals surface area (Å²) in [5.41, 5.74) is 0. The number of carboxylic acid groups (broad SMARTS) is 1. The average Bonchev–Trinajstić information content (AvgIpc) is 2.76. The first-order valence-electron chi connectivity index (χ1n) is 5.82. The van der Waals surface area contributed by atoms with E-state index in [1.165, 1.54) is 0 Å². The molecule has 2 rings (SSSR count). The number of rotatable bonds is 5. The molecule has 1 aliphatic heterocycles. The molecule has 0 bridgehead atoms. The number of carboxylic acids is 1. The normalized spacial score (nSPS) is 22.2. The van der Waals surface area contributed by atoms with Gasteiger partial charge in [0.05, 0.1) is 5.75 Å². The zero-order valence-electron chi connectivity index (χ0n) is 10.1. The molecule has 0 saturated carbocycles. The molecular formula is C10H14N2O6S. The highest BCUT2D eigenvalue weighted by molar-refractivity contribution is 7.91. The van der Waals surface area contributed by atoms with Gasteiger partial charge in [-0.3, -0.25) is 0 Å². The van der Waals surface area contributed by atoms with Gasteiger partial charge < -0.3 is 14.3 Å². The van der Waals surface area contributed by atoms with E-state index >= 15 is 0 Å². The Morgan fingerprint density at radius 3 is 2.89 bits per heavy atom. The van der Waals surface area contributed by atoms with Crippen molar-refractivity contribution in [1.82, 2.24) is 10.2 Å². The maximum absolute atomic E-state index is 11.9. The van der Waals surface area contributed by atoms with Gasteiger partial charge >= 0.3 is 5.97 Å². The SMILES string of the molecule is O=C(O)COCc1nnc(C2CCCCS2(=O)=O)o1. The molecular weight excluding hydrogens is 276 g/mol. The highest BCUT2D eigenvalue weighted by Gasteiger charge is 2.34. The standard InChI is InChI=1S/C10H14N2O6S/c13-9(14)6-17-5-8-11-12-10(18-8)7-3-1-2-4-19(7,15)16/h7H,1-6H2,(H,13,14). The molecule has 0 spiro atoms. The van der Waals surface area contributed by atoms with Crippen LogP contribution in [0.3, 0.4) is 0 Å². The van der Waals surface area contributed by atoms with E-state index in [0.717, 1.165) is 6.42 Å². The Hall–Kier alpha value is -1.48. The van der Waals surface area contributed by atoms with Crippen LogP contribution in [-0.4, -0.2) is 42.1 Å². The van der Waals surface area contributed by atoms with Crippen molar-refractivity contribution in [2.75, 3.05) is 12.4 Å². The van der Waals surface area contributed by atoms with E-state index in [0.29, 0.717) is 12.8 Å². The maximum Gasteiger partial charge on any atom is 0.329 e. The van der Waals surface area contributed by atoms with Crippen LogP contribution in [0.2, 0.25) is 0 Å². The van der Waals surface area contributed by atoms with Crippen LogP contribution >= 0.6 is 0 Å². The van der Waals surface area contributed by atoms with E-state index in [9.17, 15) is 13.2 Å². The first-order valence-corrected chi connectivity index (χ1v) is 7.54. The first kappa shape index (κ1) is 13.9. The minimum atomic E-state index is -3.23. The van der Waals surface area contributed by atoms with Gasteiger partial charge in [0.15, 0.2) is 9.84 Å². The van der Waals surface area contributed by atoms with Crippen molar-refractivity contribution in [3.8, 4) is 0 Å². The molecule has 106 valence electrons. The summed E-state index contributed by atoms with van der Waals surface area (Å²) in [4.78, 5) is 10.3.